The lowest BCUT2D eigenvalue weighted by Crippen LogP contribution is -2.30. The Morgan fingerprint density at radius 1 is 1.40 bits per heavy atom. The Hall–Kier alpha value is -1.75. The van der Waals surface area contributed by atoms with Crippen molar-refractivity contribution in [2.75, 3.05) is 5.75 Å². The highest BCUT2D eigenvalue weighted by atomic mass is 32.2. The summed E-state index contributed by atoms with van der Waals surface area (Å²) in [5, 5.41) is 3.00. The molecule has 1 amide bonds. The first-order valence-electron chi connectivity index (χ1n) is 6.70. The molecule has 20 heavy (non-hydrogen) atoms. The van der Waals surface area contributed by atoms with E-state index < -0.39 is 0 Å². The zero-order chi connectivity index (χ0) is 14.2. The van der Waals surface area contributed by atoms with Gasteiger partial charge in [-0.2, -0.15) is 0 Å². The van der Waals surface area contributed by atoms with E-state index >= 15 is 0 Å². The minimum absolute atomic E-state index is 0.0326. The van der Waals surface area contributed by atoms with Crippen LogP contribution in [-0.2, 0) is 10.5 Å². The molecule has 0 saturated carbocycles. The van der Waals surface area contributed by atoms with Gasteiger partial charge in [0.1, 0.15) is 5.82 Å². The van der Waals surface area contributed by atoms with Crippen molar-refractivity contribution < 1.29 is 4.79 Å². The van der Waals surface area contributed by atoms with Crippen LogP contribution in [0.1, 0.15) is 30.8 Å². The van der Waals surface area contributed by atoms with E-state index in [4.69, 9.17) is 0 Å². The number of carbonyl (C=O) groups is 1. The van der Waals surface area contributed by atoms with Gasteiger partial charge in [-0.25, -0.2) is 4.98 Å². The predicted molar refractivity (Wildman–Crippen MR) is 82.4 cm³/mol. The number of hydrogen-bond acceptors (Lipinski definition) is 3. The fourth-order valence-electron chi connectivity index (χ4n) is 1.90. The number of nitrogens with zero attached hydrogens (tertiary/aromatic N) is 1. The van der Waals surface area contributed by atoms with E-state index in [1.54, 1.807) is 24.2 Å². The average molecular weight is 289 g/mol. The molecule has 0 fully saturated rings. The first-order valence-corrected chi connectivity index (χ1v) is 7.85. The predicted octanol–water partition coefficient (Wildman–Crippen LogP) is 2.91. The summed E-state index contributed by atoms with van der Waals surface area (Å²) >= 11 is 1.62. The summed E-state index contributed by atoms with van der Waals surface area (Å²) in [7, 11) is 0. The van der Waals surface area contributed by atoms with Crippen LogP contribution in [0.3, 0.4) is 0 Å². The molecular formula is C15H19N3OS. The van der Waals surface area contributed by atoms with E-state index in [9.17, 15) is 4.79 Å². The molecule has 106 valence electrons. The molecule has 0 aliphatic carbocycles. The van der Waals surface area contributed by atoms with Crippen LogP contribution >= 0.6 is 11.8 Å². The van der Waals surface area contributed by atoms with Crippen LogP contribution in [0, 0.1) is 0 Å². The van der Waals surface area contributed by atoms with Crippen molar-refractivity contribution in [1.29, 1.82) is 0 Å². The van der Waals surface area contributed by atoms with E-state index in [1.165, 1.54) is 5.56 Å². The van der Waals surface area contributed by atoms with Crippen molar-refractivity contribution >= 4 is 17.7 Å². The number of rotatable bonds is 7. The molecule has 1 aromatic carbocycles. The monoisotopic (exact) mass is 289 g/mol. The maximum absolute atomic E-state index is 11.9. The topological polar surface area (TPSA) is 57.8 Å². The van der Waals surface area contributed by atoms with Crippen LogP contribution in [0.4, 0.5) is 0 Å². The van der Waals surface area contributed by atoms with Gasteiger partial charge in [0.05, 0.1) is 11.8 Å². The number of aromatic amines is 1. The summed E-state index contributed by atoms with van der Waals surface area (Å²) in [6.45, 7) is 2.03. The number of carbonyl (C=O) groups excluding carboxylic acids is 1. The third kappa shape index (κ3) is 4.42. The highest BCUT2D eigenvalue weighted by Crippen LogP contribution is 2.14. The molecule has 1 heterocycles. The lowest BCUT2D eigenvalue weighted by atomic mass is 10.2. The van der Waals surface area contributed by atoms with Crippen LogP contribution in [0.15, 0.2) is 42.7 Å². The molecule has 2 rings (SSSR count). The van der Waals surface area contributed by atoms with Gasteiger partial charge in [0.15, 0.2) is 0 Å². The average Bonchev–Trinajstić information content (AvgIpc) is 3.00. The summed E-state index contributed by atoms with van der Waals surface area (Å²) in [4.78, 5) is 19.2. The van der Waals surface area contributed by atoms with Gasteiger partial charge in [-0.1, -0.05) is 37.3 Å². The lowest BCUT2D eigenvalue weighted by Gasteiger charge is -2.14. The molecule has 2 N–H and O–H groups in total. The zero-order valence-electron chi connectivity index (χ0n) is 11.5. The molecular weight excluding hydrogens is 270 g/mol. The van der Waals surface area contributed by atoms with Crippen molar-refractivity contribution in [2.45, 2.75) is 25.1 Å². The third-order valence-electron chi connectivity index (χ3n) is 2.94. The molecule has 0 saturated heterocycles. The van der Waals surface area contributed by atoms with Crippen molar-refractivity contribution in [3.63, 3.8) is 0 Å². The van der Waals surface area contributed by atoms with E-state index in [-0.39, 0.29) is 11.9 Å². The summed E-state index contributed by atoms with van der Waals surface area (Å²) in [5.74, 6) is 2.18. The smallest absolute Gasteiger partial charge is 0.230 e. The second-order valence-electron chi connectivity index (χ2n) is 4.48. The molecule has 0 aliphatic rings. The van der Waals surface area contributed by atoms with Gasteiger partial charge in [-0.15, -0.1) is 11.8 Å². The molecule has 0 spiro atoms. The molecule has 0 bridgehead atoms. The molecule has 4 nitrogen and oxygen atoms in total. The van der Waals surface area contributed by atoms with Gasteiger partial charge in [0.2, 0.25) is 5.91 Å². The minimum Gasteiger partial charge on any atom is -0.347 e. The fraction of sp³-hybridized carbons (Fsp3) is 0.333. The fourth-order valence-corrected chi connectivity index (χ4v) is 2.70. The summed E-state index contributed by atoms with van der Waals surface area (Å²) in [6.07, 6.45) is 4.30. The molecule has 0 aliphatic heterocycles. The first kappa shape index (κ1) is 14.7. The molecule has 0 radical (unpaired) electrons. The number of amides is 1. The number of hydrogen-bond donors (Lipinski definition) is 2. The largest absolute Gasteiger partial charge is 0.347 e. The molecule has 1 atom stereocenters. The van der Waals surface area contributed by atoms with Crippen LogP contribution in [-0.4, -0.2) is 21.6 Å². The summed E-state index contributed by atoms with van der Waals surface area (Å²) in [6, 6.07) is 10.1. The lowest BCUT2D eigenvalue weighted by molar-refractivity contribution is -0.119. The SMILES string of the molecule is CCC(NC(=O)CSCc1ccccc1)c1ncc[nH]1. The minimum atomic E-state index is -0.0326. The second-order valence-corrected chi connectivity index (χ2v) is 5.47. The van der Waals surface area contributed by atoms with E-state index in [1.807, 2.05) is 25.1 Å². The maximum atomic E-state index is 11.9. The van der Waals surface area contributed by atoms with Gasteiger partial charge < -0.3 is 10.3 Å². The number of nitrogens with one attached hydrogen (secondary N) is 2. The Kier molecular flexibility index (Phi) is 5.68. The van der Waals surface area contributed by atoms with E-state index in [2.05, 4.69) is 27.4 Å². The van der Waals surface area contributed by atoms with E-state index in [0.29, 0.717) is 5.75 Å². The zero-order valence-corrected chi connectivity index (χ0v) is 12.3. The second kappa shape index (κ2) is 7.75. The van der Waals surface area contributed by atoms with Gasteiger partial charge in [-0.3, -0.25) is 4.79 Å². The highest BCUT2D eigenvalue weighted by Gasteiger charge is 2.14. The molecule has 1 aromatic heterocycles. The Morgan fingerprint density at radius 2 is 2.20 bits per heavy atom. The van der Waals surface area contributed by atoms with Gasteiger partial charge in [0, 0.05) is 18.1 Å². The number of H-pyrrole nitrogens is 1. The maximum Gasteiger partial charge on any atom is 0.230 e. The number of aromatic nitrogens is 2. The van der Waals surface area contributed by atoms with Crippen molar-refractivity contribution in [1.82, 2.24) is 15.3 Å². The Morgan fingerprint density at radius 3 is 2.85 bits per heavy atom. The van der Waals surface area contributed by atoms with Crippen molar-refractivity contribution in [3.8, 4) is 0 Å². The van der Waals surface area contributed by atoms with Crippen LogP contribution in [0.2, 0.25) is 0 Å². The molecule has 2 aromatic rings. The number of benzene rings is 1. The van der Waals surface area contributed by atoms with Gasteiger partial charge in [-0.05, 0) is 12.0 Å². The summed E-state index contributed by atoms with van der Waals surface area (Å²) < 4.78 is 0. The van der Waals surface area contributed by atoms with Crippen LogP contribution in [0.5, 0.6) is 0 Å². The normalized spacial score (nSPS) is 12.1. The Bertz CT molecular complexity index is 513. The highest BCUT2D eigenvalue weighted by molar-refractivity contribution is 7.99. The first-order chi connectivity index (χ1) is 9.79. The molecule has 1 unspecified atom stereocenters. The van der Waals surface area contributed by atoms with Crippen LogP contribution in [0.25, 0.3) is 0 Å². The van der Waals surface area contributed by atoms with Crippen LogP contribution < -0.4 is 5.32 Å². The quantitative estimate of drug-likeness (QED) is 0.824. The Balaban J connectivity index is 1.75. The van der Waals surface area contributed by atoms with Crippen molar-refractivity contribution in [2.24, 2.45) is 0 Å². The molecule has 5 heteroatoms. The summed E-state index contributed by atoms with van der Waals surface area (Å²) in [5.41, 5.74) is 1.24. The number of imidazole rings is 1. The third-order valence-corrected chi connectivity index (χ3v) is 3.94. The standard InChI is InChI=1S/C15H19N3OS/c1-2-13(15-16-8-9-17-15)18-14(19)11-20-10-12-6-4-3-5-7-12/h3-9,13H,2,10-11H2,1H3,(H,16,17)(H,18,19). The number of thioether (sulfide) groups is 1. The van der Waals surface area contributed by atoms with Crippen molar-refractivity contribution in [3.05, 3.63) is 54.1 Å². The van der Waals surface area contributed by atoms with Gasteiger partial charge in [0.25, 0.3) is 0 Å². The van der Waals surface area contributed by atoms with E-state index in [0.717, 1.165) is 18.0 Å². The van der Waals surface area contributed by atoms with Gasteiger partial charge >= 0.3 is 0 Å². The Labute approximate surface area is 123 Å².